The predicted octanol–water partition coefficient (Wildman–Crippen LogP) is 4.44. The number of benzene rings is 2. The van der Waals surface area contributed by atoms with Gasteiger partial charge in [0.25, 0.3) is 5.91 Å². The number of anilines is 1. The second-order valence-electron chi connectivity index (χ2n) is 5.55. The smallest absolute Gasteiger partial charge is 0.291 e. The van der Waals surface area contributed by atoms with E-state index in [9.17, 15) is 13.2 Å². The number of carbonyl (C=O) groups is 1. The summed E-state index contributed by atoms with van der Waals surface area (Å²) in [5.74, 6) is -0.221. The summed E-state index contributed by atoms with van der Waals surface area (Å²) >= 11 is 6.10. The molecule has 0 saturated heterocycles. The van der Waals surface area contributed by atoms with Crippen LogP contribution in [0.1, 0.15) is 23.0 Å². The first-order valence-electron chi connectivity index (χ1n) is 7.65. The second-order valence-corrected chi connectivity index (χ2v) is 8.24. The van der Waals surface area contributed by atoms with Crippen molar-refractivity contribution in [3.05, 3.63) is 58.8 Å². The molecule has 0 aliphatic heterocycles. The van der Waals surface area contributed by atoms with Gasteiger partial charge in [-0.1, -0.05) is 30.7 Å². The van der Waals surface area contributed by atoms with E-state index >= 15 is 0 Å². The van der Waals surface area contributed by atoms with Gasteiger partial charge in [-0.25, -0.2) is 8.42 Å². The highest BCUT2D eigenvalue weighted by molar-refractivity contribution is 7.91. The summed E-state index contributed by atoms with van der Waals surface area (Å²) < 4.78 is 29.3. The molecule has 1 N–H and O–H groups in total. The lowest BCUT2D eigenvalue weighted by Gasteiger charge is -2.06. The third kappa shape index (κ3) is 3.27. The Balaban J connectivity index is 1.88. The van der Waals surface area contributed by atoms with E-state index < -0.39 is 15.7 Å². The zero-order chi connectivity index (χ0) is 18.2. The zero-order valence-corrected chi connectivity index (χ0v) is 15.2. The van der Waals surface area contributed by atoms with E-state index in [-0.39, 0.29) is 16.4 Å². The predicted molar refractivity (Wildman–Crippen MR) is 98.1 cm³/mol. The summed E-state index contributed by atoms with van der Waals surface area (Å²) in [6, 6.07) is 11.4. The van der Waals surface area contributed by atoms with E-state index in [0.717, 1.165) is 5.39 Å². The van der Waals surface area contributed by atoms with Crippen LogP contribution in [-0.4, -0.2) is 20.1 Å². The molecule has 5 nitrogen and oxygen atoms in total. The number of halogens is 1. The lowest BCUT2D eigenvalue weighted by Crippen LogP contribution is -2.12. The fraction of sp³-hybridized carbons (Fsp3) is 0.167. The number of para-hydroxylation sites is 1. The summed E-state index contributed by atoms with van der Waals surface area (Å²) in [6.45, 7) is 3.37. The number of hydrogen-bond acceptors (Lipinski definition) is 4. The quantitative estimate of drug-likeness (QED) is 0.729. The molecule has 1 aromatic heterocycles. The van der Waals surface area contributed by atoms with E-state index in [2.05, 4.69) is 5.32 Å². The van der Waals surface area contributed by atoms with Gasteiger partial charge < -0.3 is 9.73 Å². The first kappa shape index (κ1) is 17.5. The maximum Gasteiger partial charge on any atom is 0.291 e. The molecule has 0 saturated carbocycles. The Kier molecular flexibility index (Phi) is 4.58. The molecule has 0 bridgehead atoms. The molecule has 1 amide bonds. The molecule has 0 fully saturated rings. The number of furan rings is 1. The number of fused-ring (bicyclic) bond motifs is 1. The van der Waals surface area contributed by atoms with Crippen LogP contribution in [0.2, 0.25) is 5.02 Å². The van der Waals surface area contributed by atoms with Gasteiger partial charge in [-0.3, -0.25) is 4.79 Å². The lowest BCUT2D eigenvalue weighted by molar-refractivity contribution is 0.0998. The average molecular weight is 378 g/mol. The summed E-state index contributed by atoms with van der Waals surface area (Å²) in [7, 11) is -3.27. The molecule has 0 spiro atoms. The van der Waals surface area contributed by atoms with Crippen molar-refractivity contribution in [3.8, 4) is 0 Å². The highest BCUT2D eigenvalue weighted by atomic mass is 35.5. The van der Waals surface area contributed by atoms with Crippen LogP contribution in [0.5, 0.6) is 0 Å². The molecule has 0 unspecified atom stereocenters. The molecular weight excluding hydrogens is 362 g/mol. The molecule has 1 heterocycles. The fourth-order valence-corrected chi connectivity index (χ4v) is 3.62. The number of hydrogen-bond donors (Lipinski definition) is 1. The first-order chi connectivity index (χ1) is 11.8. The van der Waals surface area contributed by atoms with Crippen LogP contribution in [0.3, 0.4) is 0 Å². The van der Waals surface area contributed by atoms with Crippen molar-refractivity contribution in [1.29, 1.82) is 0 Å². The maximum atomic E-state index is 12.5. The van der Waals surface area contributed by atoms with E-state index in [4.69, 9.17) is 16.0 Å². The van der Waals surface area contributed by atoms with Crippen LogP contribution in [0.15, 0.2) is 51.8 Å². The Morgan fingerprint density at radius 3 is 2.44 bits per heavy atom. The van der Waals surface area contributed by atoms with E-state index in [0.29, 0.717) is 21.9 Å². The van der Waals surface area contributed by atoms with Gasteiger partial charge in [-0.05, 0) is 37.3 Å². The van der Waals surface area contributed by atoms with Gasteiger partial charge >= 0.3 is 0 Å². The Morgan fingerprint density at radius 1 is 1.16 bits per heavy atom. The second kappa shape index (κ2) is 6.54. The molecule has 0 radical (unpaired) electrons. The number of carbonyl (C=O) groups excluding carboxylic acids is 1. The van der Waals surface area contributed by atoms with Gasteiger partial charge in [0.1, 0.15) is 0 Å². The summed E-state index contributed by atoms with van der Waals surface area (Å²) in [5, 5.41) is 3.92. The Hall–Kier alpha value is -2.31. The van der Waals surface area contributed by atoms with Crippen LogP contribution >= 0.6 is 11.6 Å². The fourth-order valence-electron chi connectivity index (χ4n) is 2.53. The standard InChI is InChI=1S/C18H16ClNO4S/c1-3-25(22,23)13-9-7-12(8-10-13)20-18(21)16-11(2)14-5-4-6-15(19)17(14)24-16/h4-10H,3H2,1-2H3,(H,20,21). The van der Waals surface area contributed by atoms with Crippen LogP contribution in [0.25, 0.3) is 11.0 Å². The van der Waals surface area contributed by atoms with Crippen LogP contribution in [0, 0.1) is 6.92 Å². The van der Waals surface area contributed by atoms with Crippen molar-refractivity contribution < 1.29 is 17.6 Å². The van der Waals surface area contributed by atoms with Crippen molar-refractivity contribution in [1.82, 2.24) is 0 Å². The van der Waals surface area contributed by atoms with Crippen molar-refractivity contribution in [2.45, 2.75) is 18.7 Å². The molecule has 0 aliphatic rings. The molecular formula is C18H16ClNO4S. The normalized spacial score (nSPS) is 11.6. The van der Waals surface area contributed by atoms with E-state index in [1.807, 2.05) is 6.07 Å². The summed E-state index contributed by atoms with van der Waals surface area (Å²) in [4.78, 5) is 12.7. The minimum absolute atomic E-state index is 0.0254. The summed E-state index contributed by atoms with van der Waals surface area (Å²) in [5.41, 5.74) is 1.64. The Morgan fingerprint density at radius 2 is 1.84 bits per heavy atom. The highest BCUT2D eigenvalue weighted by Crippen LogP contribution is 2.31. The van der Waals surface area contributed by atoms with Gasteiger partial charge in [-0.15, -0.1) is 0 Å². The van der Waals surface area contributed by atoms with Crippen molar-refractivity contribution in [2.24, 2.45) is 0 Å². The lowest BCUT2D eigenvalue weighted by atomic mass is 10.1. The van der Waals surface area contributed by atoms with Gasteiger partial charge in [0.15, 0.2) is 21.2 Å². The van der Waals surface area contributed by atoms with E-state index in [1.54, 1.807) is 38.1 Å². The molecule has 3 aromatic rings. The average Bonchev–Trinajstić information content (AvgIpc) is 2.94. The van der Waals surface area contributed by atoms with Crippen LogP contribution < -0.4 is 5.32 Å². The first-order valence-corrected chi connectivity index (χ1v) is 9.68. The van der Waals surface area contributed by atoms with Gasteiger partial charge in [0.2, 0.25) is 0 Å². The highest BCUT2D eigenvalue weighted by Gasteiger charge is 2.19. The monoisotopic (exact) mass is 377 g/mol. The van der Waals surface area contributed by atoms with Crippen molar-refractivity contribution in [3.63, 3.8) is 0 Å². The SMILES string of the molecule is CCS(=O)(=O)c1ccc(NC(=O)c2oc3c(Cl)cccc3c2C)cc1. The number of sulfone groups is 1. The molecule has 3 rings (SSSR count). The summed E-state index contributed by atoms with van der Waals surface area (Å²) in [6.07, 6.45) is 0. The largest absolute Gasteiger partial charge is 0.449 e. The van der Waals surface area contributed by atoms with Crippen LogP contribution in [-0.2, 0) is 9.84 Å². The van der Waals surface area contributed by atoms with E-state index in [1.165, 1.54) is 12.1 Å². The third-order valence-electron chi connectivity index (χ3n) is 3.97. The zero-order valence-electron chi connectivity index (χ0n) is 13.7. The number of amides is 1. The Bertz CT molecular complexity index is 1050. The van der Waals surface area contributed by atoms with Gasteiger partial charge in [0, 0.05) is 16.6 Å². The molecule has 0 atom stereocenters. The minimum atomic E-state index is -3.27. The molecule has 7 heteroatoms. The van der Waals surface area contributed by atoms with Crippen LogP contribution in [0.4, 0.5) is 5.69 Å². The third-order valence-corrected chi connectivity index (χ3v) is 6.02. The number of aryl methyl sites for hydroxylation is 1. The number of rotatable bonds is 4. The maximum absolute atomic E-state index is 12.5. The van der Waals surface area contributed by atoms with Crippen molar-refractivity contribution >= 4 is 44.0 Å². The van der Waals surface area contributed by atoms with Crippen molar-refractivity contribution in [2.75, 3.05) is 11.1 Å². The number of nitrogens with one attached hydrogen (secondary N) is 1. The minimum Gasteiger partial charge on any atom is -0.449 e. The molecule has 25 heavy (non-hydrogen) atoms. The molecule has 130 valence electrons. The Labute approximate surface area is 150 Å². The van der Waals surface area contributed by atoms with Gasteiger partial charge in [0.05, 0.1) is 15.7 Å². The molecule has 2 aromatic carbocycles. The molecule has 0 aliphatic carbocycles. The van der Waals surface area contributed by atoms with Gasteiger partial charge in [-0.2, -0.15) is 0 Å². The topological polar surface area (TPSA) is 76.4 Å².